The van der Waals surface area contributed by atoms with Crippen molar-refractivity contribution in [2.24, 2.45) is 10.5 Å². The Bertz CT molecular complexity index is 1040. The summed E-state index contributed by atoms with van der Waals surface area (Å²) >= 11 is 12.0. The van der Waals surface area contributed by atoms with Gasteiger partial charge in [-0.15, -0.1) is 5.06 Å². The minimum atomic E-state index is -1.19. The van der Waals surface area contributed by atoms with E-state index in [0.29, 0.717) is 32.8 Å². The van der Waals surface area contributed by atoms with Crippen molar-refractivity contribution in [2.45, 2.75) is 13.8 Å². The van der Waals surface area contributed by atoms with Gasteiger partial charge in [-0.05, 0) is 55.8 Å². The summed E-state index contributed by atoms with van der Waals surface area (Å²) in [5.41, 5.74) is 0.266. The Labute approximate surface area is 190 Å². The number of hydroxylamine groups is 1. The van der Waals surface area contributed by atoms with Crippen molar-refractivity contribution in [3.63, 3.8) is 0 Å². The number of amides is 2. The van der Waals surface area contributed by atoms with Crippen LogP contribution in [0.1, 0.15) is 19.4 Å². The summed E-state index contributed by atoms with van der Waals surface area (Å²) in [7, 11) is 1.29. The van der Waals surface area contributed by atoms with Gasteiger partial charge >= 0.3 is 12.0 Å². The standard InChI is InChI=1S/C22H21Cl2N3O4/c1-14(2)31-27(18-11-9-17(24)10-12-18)21(29)26-13-22(3,20(28)30-4)19(25-26)15-5-7-16(23)8-6-15/h5-12H,1,13H2,2-4H3. The number of halogens is 2. The van der Waals surface area contributed by atoms with Crippen LogP contribution in [0.15, 0.2) is 66.0 Å². The maximum Gasteiger partial charge on any atom is 0.378 e. The molecule has 0 N–H and O–H groups in total. The van der Waals surface area contributed by atoms with Crippen molar-refractivity contribution < 1.29 is 19.2 Å². The van der Waals surface area contributed by atoms with E-state index in [1.54, 1.807) is 62.4 Å². The van der Waals surface area contributed by atoms with Gasteiger partial charge in [0.1, 0.15) is 11.2 Å². The van der Waals surface area contributed by atoms with Gasteiger partial charge < -0.3 is 9.57 Å². The monoisotopic (exact) mass is 461 g/mol. The molecule has 0 saturated carbocycles. The second-order valence-corrected chi connectivity index (χ2v) is 8.06. The number of ether oxygens (including phenoxy) is 1. The van der Waals surface area contributed by atoms with Crippen molar-refractivity contribution in [1.82, 2.24) is 5.01 Å². The molecule has 1 heterocycles. The molecule has 9 heteroatoms. The molecule has 2 aromatic rings. The third-order valence-electron chi connectivity index (χ3n) is 4.67. The van der Waals surface area contributed by atoms with Crippen LogP contribution in [-0.4, -0.2) is 36.4 Å². The van der Waals surface area contributed by atoms with E-state index in [1.807, 2.05) is 0 Å². The molecule has 2 amide bonds. The summed E-state index contributed by atoms with van der Waals surface area (Å²) in [6.45, 7) is 6.95. The Morgan fingerprint density at radius 3 is 2.16 bits per heavy atom. The average Bonchev–Trinajstić information content (AvgIpc) is 3.11. The van der Waals surface area contributed by atoms with Crippen molar-refractivity contribution in [2.75, 3.05) is 18.7 Å². The third kappa shape index (κ3) is 4.68. The molecule has 0 spiro atoms. The van der Waals surface area contributed by atoms with Crippen LogP contribution in [0.25, 0.3) is 0 Å². The van der Waals surface area contributed by atoms with Crippen LogP contribution in [0.3, 0.4) is 0 Å². The average molecular weight is 462 g/mol. The summed E-state index contributed by atoms with van der Waals surface area (Å²) in [5, 5.41) is 7.72. The second kappa shape index (κ2) is 8.99. The first-order chi connectivity index (χ1) is 14.7. The van der Waals surface area contributed by atoms with Crippen molar-refractivity contribution >= 4 is 46.6 Å². The number of methoxy groups -OCH3 is 1. The van der Waals surface area contributed by atoms with Gasteiger partial charge in [-0.3, -0.25) is 4.79 Å². The largest absolute Gasteiger partial charge is 0.468 e. The molecule has 0 aliphatic carbocycles. The summed E-state index contributed by atoms with van der Waals surface area (Å²) < 4.78 is 5.01. The van der Waals surface area contributed by atoms with E-state index in [0.717, 1.165) is 5.06 Å². The number of anilines is 1. The topological polar surface area (TPSA) is 71.4 Å². The number of hydrazone groups is 1. The normalized spacial score (nSPS) is 17.7. The first-order valence-electron chi connectivity index (χ1n) is 9.30. The molecule has 1 unspecified atom stereocenters. The highest BCUT2D eigenvalue weighted by molar-refractivity contribution is 6.31. The van der Waals surface area contributed by atoms with E-state index >= 15 is 0 Å². The molecule has 1 aliphatic heterocycles. The number of hydrogen-bond acceptors (Lipinski definition) is 5. The van der Waals surface area contributed by atoms with Crippen LogP contribution in [0.5, 0.6) is 0 Å². The van der Waals surface area contributed by atoms with E-state index in [1.165, 1.54) is 12.1 Å². The van der Waals surface area contributed by atoms with E-state index in [-0.39, 0.29) is 6.54 Å². The fourth-order valence-electron chi connectivity index (χ4n) is 3.16. The number of allylic oxidation sites excluding steroid dienone is 1. The van der Waals surface area contributed by atoms with Gasteiger partial charge in [0, 0.05) is 10.0 Å². The van der Waals surface area contributed by atoms with Gasteiger partial charge in [0.2, 0.25) is 0 Å². The fourth-order valence-corrected chi connectivity index (χ4v) is 3.41. The smallest absolute Gasteiger partial charge is 0.378 e. The highest BCUT2D eigenvalue weighted by atomic mass is 35.5. The lowest BCUT2D eigenvalue weighted by Gasteiger charge is -2.27. The van der Waals surface area contributed by atoms with Crippen LogP contribution >= 0.6 is 23.2 Å². The van der Waals surface area contributed by atoms with Crippen LogP contribution in [-0.2, 0) is 14.4 Å². The maximum atomic E-state index is 13.4. The second-order valence-electron chi connectivity index (χ2n) is 7.18. The summed E-state index contributed by atoms with van der Waals surface area (Å²) in [4.78, 5) is 31.6. The van der Waals surface area contributed by atoms with E-state index in [2.05, 4.69) is 11.7 Å². The lowest BCUT2D eigenvalue weighted by molar-refractivity contribution is -0.147. The quantitative estimate of drug-likeness (QED) is 0.344. The van der Waals surface area contributed by atoms with Crippen LogP contribution < -0.4 is 5.06 Å². The Morgan fingerprint density at radius 2 is 1.65 bits per heavy atom. The number of rotatable bonds is 5. The number of carbonyl (C=O) groups excluding carboxylic acids is 2. The van der Waals surface area contributed by atoms with E-state index < -0.39 is 17.4 Å². The number of hydrogen-bond donors (Lipinski definition) is 0. The molecule has 0 radical (unpaired) electrons. The molecular weight excluding hydrogens is 441 g/mol. The Hall–Kier alpha value is -3.03. The van der Waals surface area contributed by atoms with Crippen LogP contribution in [0.2, 0.25) is 10.0 Å². The molecule has 0 bridgehead atoms. The highest BCUT2D eigenvalue weighted by Crippen LogP contribution is 2.34. The first kappa shape index (κ1) is 22.7. The van der Waals surface area contributed by atoms with Crippen molar-refractivity contribution in [1.29, 1.82) is 0 Å². The molecule has 1 atom stereocenters. The lowest BCUT2D eigenvalue weighted by atomic mass is 9.82. The zero-order chi connectivity index (χ0) is 22.8. The summed E-state index contributed by atoms with van der Waals surface area (Å²) in [6.07, 6.45) is 0. The molecule has 0 aromatic heterocycles. The van der Waals surface area contributed by atoms with Crippen molar-refractivity contribution in [3.8, 4) is 0 Å². The SMILES string of the molecule is C=C(C)ON(C(=O)N1CC(C)(C(=O)OC)C(c2ccc(Cl)cc2)=N1)c1ccc(Cl)cc1. The van der Waals surface area contributed by atoms with Gasteiger partial charge in [0.15, 0.2) is 0 Å². The van der Waals surface area contributed by atoms with Gasteiger partial charge in [-0.1, -0.05) is 41.9 Å². The van der Waals surface area contributed by atoms with Gasteiger partial charge in [0.25, 0.3) is 0 Å². The highest BCUT2D eigenvalue weighted by Gasteiger charge is 2.49. The van der Waals surface area contributed by atoms with Crippen molar-refractivity contribution in [3.05, 3.63) is 76.5 Å². The summed E-state index contributed by atoms with van der Waals surface area (Å²) in [6, 6.07) is 12.7. The predicted molar refractivity (Wildman–Crippen MR) is 120 cm³/mol. The van der Waals surface area contributed by atoms with Crippen LogP contribution in [0.4, 0.5) is 10.5 Å². The molecule has 162 valence electrons. The molecule has 0 saturated heterocycles. The van der Waals surface area contributed by atoms with Gasteiger partial charge in [-0.2, -0.15) is 5.10 Å². The lowest BCUT2D eigenvalue weighted by Crippen LogP contribution is -2.45. The van der Waals surface area contributed by atoms with Gasteiger partial charge in [-0.25, -0.2) is 9.80 Å². The molecule has 0 fully saturated rings. The molecule has 1 aliphatic rings. The third-order valence-corrected chi connectivity index (χ3v) is 5.17. The fraction of sp³-hybridized carbons (Fsp3) is 0.227. The molecule has 2 aromatic carbocycles. The number of esters is 1. The minimum Gasteiger partial charge on any atom is -0.468 e. The van der Waals surface area contributed by atoms with Gasteiger partial charge in [0.05, 0.1) is 25.1 Å². The van der Waals surface area contributed by atoms with E-state index in [9.17, 15) is 9.59 Å². The number of urea groups is 1. The molecular formula is C22H21Cl2N3O4. The molecule has 7 nitrogen and oxygen atoms in total. The molecule has 3 rings (SSSR count). The Morgan fingerprint density at radius 1 is 1.10 bits per heavy atom. The zero-order valence-electron chi connectivity index (χ0n) is 17.3. The van der Waals surface area contributed by atoms with E-state index in [4.69, 9.17) is 32.8 Å². The number of nitrogens with zero attached hydrogens (tertiary/aromatic N) is 3. The predicted octanol–water partition coefficient (Wildman–Crippen LogP) is 5.28. The van der Waals surface area contributed by atoms with Crippen LogP contribution in [0, 0.1) is 5.41 Å². The minimum absolute atomic E-state index is 0.0416. The first-order valence-corrected chi connectivity index (χ1v) is 10.1. The number of benzene rings is 2. The maximum absolute atomic E-state index is 13.4. The molecule has 31 heavy (non-hydrogen) atoms. The number of carbonyl (C=O) groups is 2. The zero-order valence-corrected chi connectivity index (χ0v) is 18.8. The summed E-state index contributed by atoms with van der Waals surface area (Å²) in [5.74, 6) is -0.226. The Kier molecular flexibility index (Phi) is 6.57. The Balaban J connectivity index is 2.02.